The predicted molar refractivity (Wildman–Crippen MR) is 93.1 cm³/mol. The Labute approximate surface area is 137 Å². The van der Waals surface area contributed by atoms with Gasteiger partial charge in [0.1, 0.15) is 5.69 Å². The van der Waals surface area contributed by atoms with Gasteiger partial charge in [0, 0.05) is 37.8 Å². The molecule has 0 aliphatic carbocycles. The molecule has 122 valence electrons. The summed E-state index contributed by atoms with van der Waals surface area (Å²) in [7, 11) is 1.68. The number of carbonyl (C=O) groups is 1. The van der Waals surface area contributed by atoms with Crippen LogP contribution in [0.15, 0.2) is 36.5 Å². The van der Waals surface area contributed by atoms with Crippen molar-refractivity contribution in [1.29, 1.82) is 0 Å². The minimum absolute atomic E-state index is 0.209. The van der Waals surface area contributed by atoms with Crippen molar-refractivity contribution in [2.45, 2.75) is 20.3 Å². The number of hydrogen-bond acceptors (Lipinski definition) is 4. The van der Waals surface area contributed by atoms with E-state index in [2.05, 4.69) is 15.6 Å². The first kappa shape index (κ1) is 17.0. The highest BCUT2D eigenvalue weighted by Crippen LogP contribution is 2.17. The number of anilines is 2. The molecular formula is C18H23N3O2. The highest BCUT2D eigenvalue weighted by Gasteiger charge is 2.10. The lowest BCUT2D eigenvalue weighted by Gasteiger charge is -2.10. The summed E-state index contributed by atoms with van der Waals surface area (Å²) in [6.45, 7) is 5.46. The minimum atomic E-state index is -0.209. The van der Waals surface area contributed by atoms with Gasteiger partial charge in [-0.1, -0.05) is 12.1 Å². The van der Waals surface area contributed by atoms with Gasteiger partial charge in [0.2, 0.25) is 0 Å². The fourth-order valence-electron chi connectivity index (χ4n) is 2.17. The van der Waals surface area contributed by atoms with Gasteiger partial charge in [-0.05, 0) is 49.6 Å². The number of nitrogens with one attached hydrogen (secondary N) is 2. The lowest BCUT2D eigenvalue weighted by atomic mass is 10.1. The van der Waals surface area contributed by atoms with E-state index in [1.165, 1.54) is 0 Å². The van der Waals surface area contributed by atoms with Gasteiger partial charge in [0.25, 0.3) is 5.91 Å². The van der Waals surface area contributed by atoms with Crippen LogP contribution >= 0.6 is 0 Å². The molecule has 0 fully saturated rings. The molecule has 5 nitrogen and oxygen atoms in total. The second kappa shape index (κ2) is 8.29. The lowest BCUT2D eigenvalue weighted by Crippen LogP contribution is -2.15. The summed E-state index contributed by atoms with van der Waals surface area (Å²) in [5.74, 6) is -0.209. The molecule has 0 unspecified atom stereocenters. The number of benzene rings is 1. The van der Waals surface area contributed by atoms with E-state index in [9.17, 15) is 4.79 Å². The molecule has 2 N–H and O–H groups in total. The molecule has 1 aromatic heterocycles. The summed E-state index contributed by atoms with van der Waals surface area (Å²) in [4.78, 5) is 16.5. The van der Waals surface area contributed by atoms with Crippen molar-refractivity contribution in [3.63, 3.8) is 0 Å². The molecule has 0 radical (unpaired) electrons. The fourth-order valence-corrected chi connectivity index (χ4v) is 2.17. The van der Waals surface area contributed by atoms with E-state index in [0.717, 1.165) is 35.5 Å². The third-order valence-corrected chi connectivity index (χ3v) is 3.49. The van der Waals surface area contributed by atoms with E-state index in [-0.39, 0.29) is 5.91 Å². The van der Waals surface area contributed by atoms with Gasteiger partial charge in [-0.2, -0.15) is 0 Å². The molecule has 0 aliphatic rings. The molecule has 1 amide bonds. The number of rotatable bonds is 7. The number of nitrogens with zero attached hydrogens (tertiary/aromatic N) is 1. The quantitative estimate of drug-likeness (QED) is 0.769. The summed E-state index contributed by atoms with van der Waals surface area (Å²) in [5, 5.41) is 6.18. The van der Waals surface area contributed by atoms with Crippen LogP contribution in [-0.4, -0.2) is 31.2 Å². The van der Waals surface area contributed by atoms with E-state index < -0.39 is 0 Å². The normalized spacial score (nSPS) is 10.4. The van der Waals surface area contributed by atoms with Crippen molar-refractivity contribution in [2.75, 3.05) is 30.9 Å². The van der Waals surface area contributed by atoms with Crippen molar-refractivity contribution in [2.24, 2.45) is 0 Å². The Morgan fingerprint density at radius 2 is 2.04 bits per heavy atom. The van der Waals surface area contributed by atoms with Gasteiger partial charge >= 0.3 is 0 Å². The number of hydrogen-bond donors (Lipinski definition) is 2. The van der Waals surface area contributed by atoms with Gasteiger partial charge in [-0.3, -0.25) is 9.78 Å². The predicted octanol–water partition coefficient (Wildman–Crippen LogP) is 3.40. The Morgan fingerprint density at radius 1 is 1.22 bits per heavy atom. The molecule has 0 saturated carbocycles. The highest BCUT2D eigenvalue weighted by atomic mass is 16.5. The van der Waals surface area contributed by atoms with Crippen molar-refractivity contribution in [3.05, 3.63) is 53.3 Å². The SMILES string of the molecule is COCCCNc1ccnc(C(=O)Nc2cc(C)ccc2C)c1. The van der Waals surface area contributed by atoms with Crippen LogP contribution in [0.4, 0.5) is 11.4 Å². The molecule has 0 atom stereocenters. The molecule has 0 spiro atoms. The zero-order chi connectivity index (χ0) is 16.7. The van der Waals surface area contributed by atoms with E-state index in [1.807, 2.05) is 38.1 Å². The summed E-state index contributed by atoms with van der Waals surface area (Å²) < 4.78 is 5.01. The Balaban J connectivity index is 2.03. The summed E-state index contributed by atoms with van der Waals surface area (Å²) in [6, 6.07) is 9.58. The first-order valence-electron chi connectivity index (χ1n) is 7.67. The topological polar surface area (TPSA) is 63.2 Å². The zero-order valence-electron chi connectivity index (χ0n) is 13.8. The average molecular weight is 313 g/mol. The standard InChI is InChI=1S/C18H23N3O2/c1-13-5-6-14(2)16(11-13)21-18(22)17-12-15(7-9-20-17)19-8-4-10-23-3/h5-7,9,11-12H,4,8,10H2,1-3H3,(H,19,20)(H,21,22). The summed E-state index contributed by atoms with van der Waals surface area (Å²) in [5.41, 5.74) is 4.21. The van der Waals surface area contributed by atoms with Gasteiger partial charge in [0.05, 0.1) is 0 Å². The monoisotopic (exact) mass is 313 g/mol. The molecule has 1 aromatic carbocycles. The molecule has 0 aliphatic heterocycles. The minimum Gasteiger partial charge on any atom is -0.385 e. The summed E-state index contributed by atoms with van der Waals surface area (Å²) >= 11 is 0. The van der Waals surface area contributed by atoms with Crippen LogP contribution in [0.1, 0.15) is 28.0 Å². The van der Waals surface area contributed by atoms with Crippen molar-refractivity contribution >= 4 is 17.3 Å². The second-order valence-electron chi connectivity index (χ2n) is 5.48. The lowest BCUT2D eigenvalue weighted by molar-refractivity contribution is 0.102. The van der Waals surface area contributed by atoms with E-state index >= 15 is 0 Å². The number of aromatic nitrogens is 1. The summed E-state index contributed by atoms with van der Waals surface area (Å²) in [6.07, 6.45) is 2.54. The van der Waals surface area contributed by atoms with E-state index in [4.69, 9.17) is 4.74 Å². The Kier molecular flexibility index (Phi) is 6.11. The van der Waals surface area contributed by atoms with Gasteiger partial charge < -0.3 is 15.4 Å². The third kappa shape index (κ3) is 5.07. The van der Waals surface area contributed by atoms with Gasteiger partial charge in [0.15, 0.2) is 0 Å². The first-order valence-corrected chi connectivity index (χ1v) is 7.67. The third-order valence-electron chi connectivity index (χ3n) is 3.49. The van der Waals surface area contributed by atoms with Gasteiger partial charge in [-0.25, -0.2) is 0 Å². The number of carbonyl (C=O) groups excluding carboxylic acids is 1. The van der Waals surface area contributed by atoms with Crippen molar-refractivity contribution in [1.82, 2.24) is 4.98 Å². The largest absolute Gasteiger partial charge is 0.385 e. The smallest absolute Gasteiger partial charge is 0.274 e. The second-order valence-corrected chi connectivity index (χ2v) is 5.48. The molecule has 5 heteroatoms. The fraction of sp³-hybridized carbons (Fsp3) is 0.333. The van der Waals surface area contributed by atoms with Crippen LogP contribution in [0.2, 0.25) is 0 Å². The number of aryl methyl sites for hydroxylation is 2. The Bertz CT molecular complexity index is 671. The van der Waals surface area contributed by atoms with Crippen LogP contribution in [0.25, 0.3) is 0 Å². The maximum Gasteiger partial charge on any atom is 0.274 e. The van der Waals surface area contributed by atoms with Crippen LogP contribution in [-0.2, 0) is 4.74 Å². The number of amides is 1. The average Bonchev–Trinajstić information content (AvgIpc) is 2.55. The number of methoxy groups -OCH3 is 1. The van der Waals surface area contributed by atoms with E-state index in [1.54, 1.807) is 19.4 Å². The molecule has 1 heterocycles. The van der Waals surface area contributed by atoms with Crippen LogP contribution in [0.3, 0.4) is 0 Å². The van der Waals surface area contributed by atoms with Crippen LogP contribution < -0.4 is 10.6 Å². The van der Waals surface area contributed by atoms with Crippen LogP contribution in [0, 0.1) is 13.8 Å². The highest BCUT2D eigenvalue weighted by molar-refractivity contribution is 6.03. The molecule has 23 heavy (non-hydrogen) atoms. The number of pyridine rings is 1. The van der Waals surface area contributed by atoms with Crippen molar-refractivity contribution in [3.8, 4) is 0 Å². The zero-order valence-corrected chi connectivity index (χ0v) is 13.8. The molecule has 0 bridgehead atoms. The molecular weight excluding hydrogens is 290 g/mol. The Hall–Kier alpha value is -2.40. The van der Waals surface area contributed by atoms with E-state index in [0.29, 0.717) is 12.3 Å². The van der Waals surface area contributed by atoms with Gasteiger partial charge in [-0.15, -0.1) is 0 Å². The maximum atomic E-state index is 12.4. The molecule has 0 saturated heterocycles. The molecule has 2 rings (SSSR count). The Morgan fingerprint density at radius 3 is 2.83 bits per heavy atom. The molecule has 2 aromatic rings. The number of ether oxygens (including phenoxy) is 1. The maximum absolute atomic E-state index is 12.4. The first-order chi connectivity index (χ1) is 11.1. The van der Waals surface area contributed by atoms with Crippen molar-refractivity contribution < 1.29 is 9.53 Å². The van der Waals surface area contributed by atoms with Crippen LogP contribution in [0.5, 0.6) is 0 Å².